The normalized spacial score (nSPS) is 10.8. The highest BCUT2D eigenvalue weighted by molar-refractivity contribution is 5.90. The van der Waals surface area contributed by atoms with Crippen LogP contribution in [0.1, 0.15) is 33.6 Å². The van der Waals surface area contributed by atoms with Crippen molar-refractivity contribution in [2.75, 3.05) is 11.9 Å². The van der Waals surface area contributed by atoms with E-state index in [0.717, 1.165) is 12.2 Å². The van der Waals surface area contributed by atoms with E-state index in [1.165, 1.54) is 0 Å². The Kier molecular flexibility index (Phi) is 6.02. The summed E-state index contributed by atoms with van der Waals surface area (Å²) in [6.45, 7) is 5.99. The molecule has 2 amide bonds. The minimum atomic E-state index is -0.960. The number of anilines is 1. The van der Waals surface area contributed by atoms with Crippen LogP contribution in [0.3, 0.4) is 0 Å². The number of benzene rings is 1. The van der Waals surface area contributed by atoms with E-state index in [9.17, 15) is 9.59 Å². The van der Waals surface area contributed by atoms with Crippen LogP contribution in [0.2, 0.25) is 0 Å². The number of hydrogen-bond acceptors (Lipinski definition) is 3. The van der Waals surface area contributed by atoms with Crippen LogP contribution in [0.4, 0.5) is 10.5 Å². The van der Waals surface area contributed by atoms with Gasteiger partial charge in [-0.1, -0.05) is 6.92 Å². The van der Waals surface area contributed by atoms with Gasteiger partial charge in [0.15, 0.2) is 0 Å². The van der Waals surface area contributed by atoms with Gasteiger partial charge in [-0.25, -0.2) is 4.79 Å². The van der Waals surface area contributed by atoms with Crippen LogP contribution < -0.4 is 15.4 Å². The number of carbonyl (C=O) groups is 2. The first-order chi connectivity index (χ1) is 9.82. The summed E-state index contributed by atoms with van der Waals surface area (Å²) >= 11 is 0. The maximum absolute atomic E-state index is 11.8. The molecule has 1 aromatic carbocycles. The molecule has 0 radical (unpaired) electrons. The number of nitrogens with one attached hydrogen (secondary N) is 2. The standard InChI is InChI=1S/C15H22N2O4/c1-4-9-21-12-7-5-11(6-8-12)16-14(20)17-15(2,3)10-13(18)19/h5-8H,4,9-10H2,1-3H3,(H,18,19)(H2,16,17,20). The molecule has 1 rings (SSSR count). The van der Waals surface area contributed by atoms with Gasteiger partial charge in [0.05, 0.1) is 13.0 Å². The van der Waals surface area contributed by atoms with E-state index in [-0.39, 0.29) is 6.42 Å². The predicted octanol–water partition coefficient (Wildman–Crippen LogP) is 2.85. The van der Waals surface area contributed by atoms with Crippen LogP contribution in [0.25, 0.3) is 0 Å². The second kappa shape index (κ2) is 7.52. The van der Waals surface area contributed by atoms with E-state index < -0.39 is 17.5 Å². The zero-order chi connectivity index (χ0) is 15.9. The topological polar surface area (TPSA) is 87.7 Å². The Morgan fingerprint density at radius 1 is 1.24 bits per heavy atom. The monoisotopic (exact) mass is 294 g/mol. The summed E-state index contributed by atoms with van der Waals surface area (Å²) in [5, 5.41) is 14.0. The molecule has 0 spiro atoms. The molecule has 6 heteroatoms. The van der Waals surface area contributed by atoms with E-state index in [1.807, 2.05) is 6.92 Å². The molecule has 0 aliphatic carbocycles. The third-order valence-electron chi connectivity index (χ3n) is 2.63. The number of rotatable bonds is 7. The lowest BCUT2D eigenvalue weighted by Gasteiger charge is -2.24. The number of aliphatic carboxylic acids is 1. The average molecular weight is 294 g/mol. The summed E-state index contributed by atoms with van der Waals surface area (Å²) in [6.07, 6.45) is 0.783. The smallest absolute Gasteiger partial charge is 0.319 e. The van der Waals surface area contributed by atoms with Crippen LogP contribution >= 0.6 is 0 Å². The minimum Gasteiger partial charge on any atom is -0.494 e. The van der Waals surface area contributed by atoms with Crippen molar-refractivity contribution >= 4 is 17.7 Å². The van der Waals surface area contributed by atoms with E-state index in [4.69, 9.17) is 9.84 Å². The Morgan fingerprint density at radius 3 is 2.38 bits per heavy atom. The molecule has 21 heavy (non-hydrogen) atoms. The first-order valence-corrected chi connectivity index (χ1v) is 6.86. The molecule has 3 N–H and O–H groups in total. The van der Waals surface area contributed by atoms with Crippen molar-refractivity contribution in [3.8, 4) is 5.75 Å². The van der Waals surface area contributed by atoms with Crippen LogP contribution in [-0.4, -0.2) is 29.3 Å². The number of carboxylic acids is 1. The number of carboxylic acid groups (broad SMARTS) is 1. The molecule has 0 aromatic heterocycles. The summed E-state index contributed by atoms with van der Waals surface area (Å²) in [7, 11) is 0. The summed E-state index contributed by atoms with van der Waals surface area (Å²) in [5.41, 5.74) is -0.206. The molecule has 0 aliphatic rings. The predicted molar refractivity (Wildman–Crippen MR) is 80.7 cm³/mol. The Balaban J connectivity index is 2.52. The maximum Gasteiger partial charge on any atom is 0.319 e. The Labute approximate surface area is 124 Å². The third-order valence-corrected chi connectivity index (χ3v) is 2.63. The fourth-order valence-corrected chi connectivity index (χ4v) is 1.75. The highest BCUT2D eigenvalue weighted by Crippen LogP contribution is 2.16. The van der Waals surface area contributed by atoms with Crippen molar-refractivity contribution in [1.29, 1.82) is 0 Å². The molecular weight excluding hydrogens is 272 g/mol. The highest BCUT2D eigenvalue weighted by Gasteiger charge is 2.23. The van der Waals surface area contributed by atoms with E-state index >= 15 is 0 Å². The Hall–Kier alpha value is -2.24. The Morgan fingerprint density at radius 2 is 1.86 bits per heavy atom. The van der Waals surface area contributed by atoms with E-state index in [2.05, 4.69) is 10.6 Å². The second-order valence-electron chi connectivity index (χ2n) is 5.41. The van der Waals surface area contributed by atoms with Crippen LogP contribution in [0, 0.1) is 0 Å². The van der Waals surface area contributed by atoms with Gasteiger partial charge in [-0.15, -0.1) is 0 Å². The van der Waals surface area contributed by atoms with Crippen molar-refractivity contribution in [3.63, 3.8) is 0 Å². The van der Waals surface area contributed by atoms with Gasteiger partial charge in [0.25, 0.3) is 0 Å². The largest absolute Gasteiger partial charge is 0.494 e. The molecular formula is C15H22N2O4. The van der Waals surface area contributed by atoms with Crippen molar-refractivity contribution in [2.24, 2.45) is 0 Å². The van der Waals surface area contributed by atoms with Gasteiger partial charge >= 0.3 is 12.0 Å². The lowest BCUT2D eigenvalue weighted by atomic mass is 10.0. The molecule has 1 aromatic rings. The summed E-state index contributed by atoms with van der Waals surface area (Å²) in [5.74, 6) is -0.216. The van der Waals surface area contributed by atoms with Crippen molar-refractivity contribution < 1.29 is 19.4 Å². The quantitative estimate of drug-likeness (QED) is 0.721. The minimum absolute atomic E-state index is 0.149. The van der Waals surface area contributed by atoms with Gasteiger partial charge in [0, 0.05) is 11.2 Å². The molecule has 0 aliphatic heterocycles. The summed E-state index contributed by atoms with van der Waals surface area (Å²) < 4.78 is 5.45. The maximum atomic E-state index is 11.8. The molecule has 0 bridgehead atoms. The lowest BCUT2D eigenvalue weighted by molar-refractivity contribution is -0.138. The van der Waals surface area contributed by atoms with Gasteiger partial charge in [0.1, 0.15) is 5.75 Å². The molecule has 116 valence electrons. The number of urea groups is 1. The van der Waals surface area contributed by atoms with Crippen molar-refractivity contribution in [2.45, 2.75) is 39.2 Å². The SMILES string of the molecule is CCCOc1ccc(NC(=O)NC(C)(C)CC(=O)O)cc1. The van der Waals surface area contributed by atoms with E-state index in [0.29, 0.717) is 12.3 Å². The molecule has 0 fully saturated rings. The third kappa shape index (κ3) is 6.65. The molecule has 0 heterocycles. The van der Waals surface area contributed by atoms with Gasteiger partial charge < -0.3 is 20.5 Å². The number of ether oxygens (including phenoxy) is 1. The van der Waals surface area contributed by atoms with Crippen LogP contribution in [-0.2, 0) is 4.79 Å². The molecule has 0 unspecified atom stereocenters. The fourth-order valence-electron chi connectivity index (χ4n) is 1.75. The summed E-state index contributed by atoms with van der Waals surface area (Å²) in [6, 6.07) is 6.56. The van der Waals surface area contributed by atoms with Crippen LogP contribution in [0.5, 0.6) is 5.75 Å². The first kappa shape index (κ1) is 16.8. The average Bonchev–Trinajstić information content (AvgIpc) is 2.35. The zero-order valence-electron chi connectivity index (χ0n) is 12.6. The molecule has 0 saturated carbocycles. The van der Waals surface area contributed by atoms with Gasteiger partial charge in [0.2, 0.25) is 0 Å². The summed E-state index contributed by atoms with van der Waals surface area (Å²) in [4.78, 5) is 22.5. The number of amides is 2. The van der Waals surface area contributed by atoms with Gasteiger partial charge in [-0.05, 0) is 44.5 Å². The van der Waals surface area contributed by atoms with Crippen molar-refractivity contribution in [1.82, 2.24) is 5.32 Å². The first-order valence-electron chi connectivity index (χ1n) is 6.86. The van der Waals surface area contributed by atoms with E-state index in [1.54, 1.807) is 38.1 Å². The highest BCUT2D eigenvalue weighted by atomic mass is 16.5. The molecule has 0 saturated heterocycles. The van der Waals surface area contributed by atoms with Crippen LogP contribution in [0.15, 0.2) is 24.3 Å². The fraction of sp³-hybridized carbons (Fsp3) is 0.467. The second-order valence-corrected chi connectivity index (χ2v) is 5.41. The van der Waals surface area contributed by atoms with Crippen molar-refractivity contribution in [3.05, 3.63) is 24.3 Å². The Bertz CT molecular complexity index is 483. The van der Waals surface area contributed by atoms with Gasteiger partial charge in [-0.2, -0.15) is 0 Å². The zero-order valence-corrected chi connectivity index (χ0v) is 12.6. The number of hydrogen-bond donors (Lipinski definition) is 3. The van der Waals surface area contributed by atoms with Gasteiger partial charge in [-0.3, -0.25) is 4.79 Å². The molecule has 6 nitrogen and oxygen atoms in total. The lowest BCUT2D eigenvalue weighted by Crippen LogP contribution is -2.46. The molecule has 0 atom stereocenters. The number of carbonyl (C=O) groups excluding carboxylic acids is 1.